The lowest BCUT2D eigenvalue weighted by molar-refractivity contribution is -0.137. The van der Waals surface area contributed by atoms with Crippen LogP contribution in [0.1, 0.15) is 5.69 Å². The minimum absolute atomic E-state index is 0.141. The number of carbonyl (C=O) groups is 1. The largest absolute Gasteiger partial charge is 0.497 e. The average molecular weight is 220 g/mol. The predicted octanol–water partition coefficient (Wildman–Crippen LogP) is 1.44. The maximum Gasteiger partial charge on any atom is 0.325 e. The smallest absolute Gasteiger partial charge is 0.325 e. The van der Waals surface area contributed by atoms with Crippen molar-refractivity contribution in [1.82, 2.24) is 9.78 Å². The lowest BCUT2D eigenvalue weighted by atomic mass is 10.2. The maximum atomic E-state index is 10.7. The molecular weight excluding hydrogens is 208 g/mol. The van der Waals surface area contributed by atoms with Crippen LogP contribution in [0.25, 0.3) is 10.9 Å². The zero-order chi connectivity index (χ0) is 11.7. The van der Waals surface area contributed by atoms with Crippen molar-refractivity contribution in [2.75, 3.05) is 7.11 Å². The fraction of sp³-hybridized carbons (Fsp3) is 0.273. The molecule has 1 aromatic carbocycles. The summed E-state index contributed by atoms with van der Waals surface area (Å²) in [5.74, 6) is -0.216. The summed E-state index contributed by atoms with van der Waals surface area (Å²) in [6, 6.07) is 5.51. The number of carboxylic acid groups (broad SMARTS) is 1. The van der Waals surface area contributed by atoms with Crippen LogP contribution in [0.4, 0.5) is 0 Å². The Kier molecular flexibility index (Phi) is 2.52. The molecule has 0 fully saturated rings. The molecule has 0 aliphatic carbocycles. The summed E-state index contributed by atoms with van der Waals surface area (Å²) >= 11 is 0. The molecule has 1 N–H and O–H groups in total. The van der Waals surface area contributed by atoms with Gasteiger partial charge in [-0.05, 0) is 19.1 Å². The number of rotatable bonds is 3. The first-order valence-corrected chi connectivity index (χ1v) is 4.85. The third kappa shape index (κ3) is 1.71. The summed E-state index contributed by atoms with van der Waals surface area (Å²) in [4.78, 5) is 10.7. The molecule has 0 aliphatic rings. The van der Waals surface area contributed by atoms with Gasteiger partial charge in [-0.2, -0.15) is 5.10 Å². The van der Waals surface area contributed by atoms with Crippen LogP contribution in [0.5, 0.6) is 5.75 Å². The van der Waals surface area contributed by atoms with Crippen LogP contribution >= 0.6 is 0 Å². The second kappa shape index (κ2) is 3.84. The quantitative estimate of drug-likeness (QED) is 0.850. The van der Waals surface area contributed by atoms with E-state index in [2.05, 4.69) is 5.10 Å². The Morgan fingerprint density at radius 3 is 2.94 bits per heavy atom. The van der Waals surface area contributed by atoms with Crippen LogP contribution in [0.2, 0.25) is 0 Å². The molecule has 0 bridgehead atoms. The van der Waals surface area contributed by atoms with Gasteiger partial charge in [0.25, 0.3) is 0 Å². The minimum atomic E-state index is -0.910. The van der Waals surface area contributed by atoms with Crippen molar-refractivity contribution in [3.8, 4) is 5.75 Å². The number of aliphatic carboxylic acids is 1. The lowest BCUT2D eigenvalue weighted by Crippen LogP contribution is -2.09. The summed E-state index contributed by atoms with van der Waals surface area (Å²) in [6.45, 7) is 1.71. The Morgan fingerprint density at radius 2 is 2.31 bits per heavy atom. The van der Waals surface area contributed by atoms with E-state index < -0.39 is 5.97 Å². The molecule has 2 rings (SSSR count). The number of hydrogen-bond donors (Lipinski definition) is 1. The topological polar surface area (TPSA) is 64.4 Å². The van der Waals surface area contributed by atoms with Gasteiger partial charge in [-0.1, -0.05) is 0 Å². The summed E-state index contributed by atoms with van der Waals surface area (Å²) in [5, 5.41) is 13.9. The standard InChI is InChI=1S/C11H12N2O3/c1-7-9-4-3-8(16-2)5-10(9)13(12-7)6-11(14)15/h3-5H,6H2,1-2H3,(H,14,15). The summed E-state index contributed by atoms with van der Waals surface area (Å²) in [6.07, 6.45) is 0. The Balaban J connectivity index is 2.60. The first kappa shape index (κ1) is 10.5. The molecule has 0 amide bonds. The number of ether oxygens (including phenoxy) is 1. The summed E-state index contributed by atoms with van der Waals surface area (Å²) < 4.78 is 6.57. The number of aryl methyl sites for hydroxylation is 1. The molecule has 84 valence electrons. The number of carboxylic acids is 1. The van der Waals surface area contributed by atoms with Crippen molar-refractivity contribution in [2.45, 2.75) is 13.5 Å². The van der Waals surface area contributed by atoms with Gasteiger partial charge in [0.2, 0.25) is 0 Å². The number of hydrogen-bond acceptors (Lipinski definition) is 3. The van der Waals surface area contributed by atoms with E-state index in [4.69, 9.17) is 9.84 Å². The molecule has 1 heterocycles. The molecule has 5 nitrogen and oxygen atoms in total. The number of aromatic nitrogens is 2. The van der Waals surface area contributed by atoms with Crippen LogP contribution in [-0.4, -0.2) is 28.0 Å². The molecule has 2 aromatic rings. The third-order valence-corrected chi connectivity index (χ3v) is 2.43. The van der Waals surface area contributed by atoms with Gasteiger partial charge in [-0.25, -0.2) is 0 Å². The molecule has 1 aromatic heterocycles. The van der Waals surface area contributed by atoms with Crippen LogP contribution in [0.15, 0.2) is 18.2 Å². The van der Waals surface area contributed by atoms with E-state index in [0.717, 1.165) is 16.6 Å². The zero-order valence-corrected chi connectivity index (χ0v) is 9.10. The highest BCUT2D eigenvalue weighted by atomic mass is 16.5. The number of benzene rings is 1. The SMILES string of the molecule is COc1ccc2c(C)nn(CC(=O)O)c2c1. The lowest BCUT2D eigenvalue weighted by Gasteiger charge is -2.01. The van der Waals surface area contributed by atoms with Gasteiger partial charge in [0.15, 0.2) is 0 Å². The Bertz CT molecular complexity index is 545. The summed E-state index contributed by atoms with van der Waals surface area (Å²) in [5.41, 5.74) is 1.60. The molecule has 16 heavy (non-hydrogen) atoms. The van der Waals surface area contributed by atoms with Gasteiger partial charge in [0.05, 0.1) is 18.3 Å². The molecule has 0 aliphatic heterocycles. The van der Waals surface area contributed by atoms with Gasteiger partial charge in [-0.15, -0.1) is 0 Å². The predicted molar refractivity (Wildman–Crippen MR) is 58.7 cm³/mol. The number of nitrogens with zero attached hydrogens (tertiary/aromatic N) is 2. The second-order valence-corrected chi connectivity index (χ2v) is 3.52. The van der Waals surface area contributed by atoms with Gasteiger partial charge in [0, 0.05) is 11.5 Å². The third-order valence-electron chi connectivity index (χ3n) is 2.43. The second-order valence-electron chi connectivity index (χ2n) is 3.52. The highest BCUT2D eigenvalue weighted by molar-refractivity contribution is 5.84. The number of methoxy groups -OCH3 is 1. The highest BCUT2D eigenvalue weighted by Gasteiger charge is 2.10. The Labute approximate surface area is 92.2 Å². The van der Waals surface area contributed by atoms with Gasteiger partial charge in [0.1, 0.15) is 12.3 Å². The fourth-order valence-electron chi connectivity index (χ4n) is 1.70. The van der Waals surface area contributed by atoms with E-state index >= 15 is 0 Å². The molecule has 0 unspecified atom stereocenters. The van der Waals surface area contributed by atoms with Gasteiger partial charge in [-0.3, -0.25) is 9.48 Å². The Hall–Kier alpha value is -2.04. The highest BCUT2D eigenvalue weighted by Crippen LogP contribution is 2.23. The molecule has 0 saturated heterocycles. The molecule has 0 radical (unpaired) electrons. The first-order chi connectivity index (χ1) is 7.61. The van der Waals surface area contributed by atoms with E-state index in [0.29, 0.717) is 5.75 Å². The molecule has 5 heteroatoms. The Morgan fingerprint density at radius 1 is 1.56 bits per heavy atom. The molecule has 0 spiro atoms. The molecule has 0 atom stereocenters. The summed E-state index contributed by atoms with van der Waals surface area (Å²) in [7, 11) is 1.58. The van der Waals surface area contributed by atoms with Crippen molar-refractivity contribution >= 4 is 16.9 Å². The average Bonchev–Trinajstić information content (AvgIpc) is 2.54. The van der Waals surface area contributed by atoms with E-state index in [1.54, 1.807) is 13.2 Å². The van der Waals surface area contributed by atoms with Gasteiger partial charge < -0.3 is 9.84 Å². The van der Waals surface area contributed by atoms with Crippen molar-refractivity contribution in [1.29, 1.82) is 0 Å². The van der Waals surface area contributed by atoms with Gasteiger partial charge >= 0.3 is 5.97 Å². The van der Waals surface area contributed by atoms with E-state index in [9.17, 15) is 4.79 Å². The zero-order valence-electron chi connectivity index (χ0n) is 9.10. The fourth-order valence-corrected chi connectivity index (χ4v) is 1.70. The first-order valence-electron chi connectivity index (χ1n) is 4.85. The maximum absolute atomic E-state index is 10.7. The van der Waals surface area contributed by atoms with Crippen LogP contribution < -0.4 is 4.74 Å². The van der Waals surface area contributed by atoms with E-state index in [-0.39, 0.29) is 6.54 Å². The minimum Gasteiger partial charge on any atom is -0.497 e. The van der Waals surface area contributed by atoms with Crippen LogP contribution in [0, 0.1) is 6.92 Å². The number of fused-ring (bicyclic) bond motifs is 1. The van der Waals surface area contributed by atoms with E-state index in [1.165, 1.54) is 4.68 Å². The van der Waals surface area contributed by atoms with Crippen LogP contribution in [0.3, 0.4) is 0 Å². The van der Waals surface area contributed by atoms with Crippen molar-refractivity contribution in [2.24, 2.45) is 0 Å². The van der Waals surface area contributed by atoms with Crippen molar-refractivity contribution < 1.29 is 14.6 Å². The van der Waals surface area contributed by atoms with Crippen molar-refractivity contribution in [3.63, 3.8) is 0 Å². The van der Waals surface area contributed by atoms with Crippen molar-refractivity contribution in [3.05, 3.63) is 23.9 Å². The molecular formula is C11H12N2O3. The normalized spacial score (nSPS) is 10.6. The molecule has 0 saturated carbocycles. The van der Waals surface area contributed by atoms with E-state index in [1.807, 2.05) is 19.1 Å². The monoisotopic (exact) mass is 220 g/mol. The van der Waals surface area contributed by atoms with Crippen LogP contribution in [-0.2, 0) is 11.3 Å².